The van der Waals surface area contributed by atoms with Gasteiger partial charge >= 0.3 is 0 Å². The number of benzene rings is 1. The van der Waals surface area contributed by atoms with E-state index >= 15 is 0 Å². The Kier molecular flexibility index (Phi) is 8.69. The van der Waals surface area contributed by atoms with Gasteiger partial charge < -0.3 is 30.2 Å². The Morgan fingerprint density at radius 3 is 1.45 bits per heavy atom. The Morgan fingerprint density at radius 1 is 0.595 bits per heavy atom. The van der Waals surface area contributed by atoms with Crippen LogP contribution in [-0.4, -0.2) is 83.2 Å². The van der Waals surface area contributed by atoms with Gasteiger partial charge in [0.25, 0.3) is 0 Å². The van der Waals surface area contributed by atoms with E-state index in [0.717, 1.165) is 19.2 Å². The van der Waals surface area contributed by atoms with E-state index in [-0.39, 0.29) is 68.3 Å². The molecule has 17 heteroatoms. The lowest BCUT2D eigenvalue weighted by Crippen LogP contribution is -2.15. The molecule has 4 rings (SSSR count). The fraction of sp³-hybridized carbons (Fsp3) is 0.240. The fourth-order valence-electron chi connectivity index (χ4n) is 3.77. The Balaban J connectivity index is 2.27. The van der Waals surface area contributed by atoms with Gasteiger partial charge in [-0.3, -0.25) is 14.4 Å². The first-order chi connectivity index (χ1) is 20.2. The van der Waals surface area contributed by atoms with Crippen molar-refractivity contribution in [1.29, 1.82) is 0 Å². The molecule has 4 aromatic rings. The molecule has 0 radical (unpaired) electrons. The molecular weight excluding hydrogens is 550 g/mol. The van der Waals surface area contributed by atoms with Crippen molar-refractivity contribution in [3.8, 4) is 0 Å². The molecule has 0 atom stereocenters. The average Bonchev–Trinajstić information content (AvgIpc) is 2.93. The number of hydrogen-bond acceptors (Lipinski definition) is 14. The summed E-state index contributed by atoms with van der Waals surface area (Å²) in [6.45, 7) is 3.89. The number of nitrogens with zero attached hydrogens (tertiary/aromatic N) is 8. The Hall–Kier alpha value is -5.87. The van der Waals surface area contributed by atoms with Crippen molar-refractivity contribution >= 4 is 105 Å². The van der Waals surface area contributed by atoms with E-state index < -0.39 is 11.8 Å². The summed E-state index contributed by atoms with van der Waals surface area (Å²) < 4.78 is 14.9. The number of aromatic nitrogens is 5. The van der Waals surface area contributed by atoms with Gasteiger partial charge in [-0.25, -0.2) is 24.9 Å². The van der Waals surface area contributed by atoms with Gasteiger partial charge in [0.2, 0.25) is 29.4 Å². The number of amides is 3. The zero-order valence-corrected chi connectivity index (χ0v) is 23.3. The van der Waals surface area contributed by atoms with Gasteiger partial charge in [0.05, 0.1) is 27.0 Å². The van der Waals surface area contributed by atoms with Crippen molar-refractivity contribution < 1.29 is 28.6 Å². The molecule has 0 aliphatic rings. The summed E-state index contributed by atoms with van der Waals surface area (Å²) in [4.78, 5) is 71.7. The minimum atomic E-state index is -0.455. The second-order valence-electron chi connectivity index (χ2n) is 8.40. The maximum atomic E-state index is 12.0. The number of anilines is 3. The van der Waals surface area contributed by atoms with E-state index in [0.29, 0.717) is 5.39 Å². The van der Waals surface area contributed by atoms with Gasteiger partial charge in [-0.05, 0) is 6.07 Å². The number of carbonyl (C=O) groups excluding carboxylic acids is 3. The predicted molar refractivity (Wildman–Crippen MR) is 156 cm³/mol. The zero-order valence-electron chi connectivity index (χ0n) is 23.3. The van der Waals surface area contributed by atoms with E-state index in [2.05, 4.69) is 55.8 Å². The smallest absolute Gasteiger partial charge is 0.222 e. The van der Waals surface area contributed by atoms with Crippen molar-refractivity contribution in [2.24, 2.45) is 15.0 Å². The Morgan fingerprint density at radius 2 is 0.976 bits per heavy atom. The highest BCUT2D eigenvalue weighted by Crippen LogP contribution is 2.39. The highest BCUT2D eigenvalue weighted by Gasteiger charge is 2.23. The molecule has 0 unspecified atom stereocenters. The van der Waals surface area contributed by atoms with E-state index in [9.17, 15) is 14.4 Å². The van der Waals surface area contributed by atoms with Crippen molar-refractivity contribution in [1.82, 2.24) is 24.9 Å². The molecule has 0 saturated carbocycles. The van der Waals surface area contributed by atoms with Crippen LogP contribution < -0.4 is 16.0 Å². The largest absolute Gasteiger partial charge is 0.486 e. The molecule has 216 valence electrons. The molecule has 3 aromatic heterocycles. The molecule has 0 bridgehead atoms. The summed E-state index contributed by atoms with van der Waals surface area (Å²) >= 11 is 0. The molecule has 17 nitrogen and oxygen atoms in total. The number of carbonyl (C=O) groups is 3. The summed E-state index contributed by atoms with van der Waals surface area (Å²) in [7, 11) is 4.23. The van der Waals surface area contributed by atoms with E-state index in [1.54, 1.807) is 6.07 Å². The minimum Gasteiger partial charge on any atom is -0.486 e. The van der Waals surface area contributed by atoms with E-state index in [1.165, 1.54) is 42.1 Å². The van der Waals surface area contributed by atoms with Crippen LogP contribution in [-0.2, 0) is 28.6 Å². The molecule has 42 heavy (non-hydrogen) atoms. The van der Waals surface area contributed by atoms with Crippen LogP contribution in [0.5, 0.6) is 0 Å². The predicted octanol–water partition coefficient (Wildman–Crippen LogP) is 2.92. The van der Waals surface area contributed by atoms with Gasteiger partial charge in [0.1, 0.15) is 27.6 Å². The SMILES string of the molecule is COC=Nc1nc2c3nc(/N=C/OC)c(NC(C)=O)cc3c3nc(NC(C)=O)c(NC(C)=O)nc3c2nc1N=COC. The molecule has 3 heterocycles. The molecule has 1 aromatic carbocycles. The summed E-state index contributed by atoms with van der Waals surface area (Å²) in [5, 5.41) is 8.19. The molecule has 0 aliphatic heterocycles. The second kappa shape index (κ2) is 12.5. The zero-order chi connectivity index (χ0) is 30.4. The topological polar surface area (TPSA) is 217 Å². The lowest BCUT2D eigenvalue weighted by molar-refractivity contribution is -0.115. The number of methoxy groups -OCH3 is 3. The van der Waals surface area contributed by atoms with Crippen LogP contribution in [0.25, 0.3) is 33.0 Å². The lowest BCUT2D eigenvalue weighted by Gasteiger charge is -2.15. The number of ether oxygens (including phenoxy) is 3. The standard InChI is InChI=1S/C25H25N11O6/c1-11(37)29-15-7-14-16(32-21(15)26-8-40-4)18-20(35-23(28-10-42-6)22(34-18)27-9-41-5)19-17(14)33-24(30-12(2)38)25(36-19)31-13(3)39/h7-10H,1-6H3,(H,29,37)(H,30,33,38)(H,31,36,39)/b26-8+,27-9?,28-10?. The lowest BCUT2D eigenvalue weighted by atomic mass is 10.1. The number of fused-ring (bicyclic) bond motifs is 6. The minimum absolute atomic E-state index is 0.0275. The number of aliphatic imine (C=N–C) groups is 3. The second-order valence-corrected chi connectivity index (χ2v) is 8.40. The average molecular weight is 576 g/mol. The summed E-state index contributed by atoms with van der Waals surface area (Å²) in [5.74, 6) is -1.17. The van der Waals surface area contributed by atoms with Gasteiger partial charge in [0.15, 0.2) is 36.7 Å². The maximum Gasteiger partial charge on any atom is 0.222 e. The molecule has 0 spiro atoms. The number of hydrogen-bond donors (Lipinski definition) is 3. The van der Waals surface area contributed by atoms with Gasteiger partial charge in [-0.2, -0.15) is 15.0 Å². The number of nitrogens with one attached hydrogen (secondary N) is 3. The first kappa shape index (κ1) is 29.1. The van der Waals surface area contributed by atoms with Crippen LogP contribution in [0.2, 0.25) is 0 Å². The van der Waals surface area contributed by atoms with Crippen LogP contribution >= 0.6 is 0 Å². The molecule has 0 aliphatic carbocycles. The van der Waals surface area contributed by atoms with Crippen LogP contribution in [0.15, 0.2) is 21.0 Å². The van der Waals surface area contributed by atoms with Crippen LogP contribution in [0.1, 0.15) is 20.8 Å². The number of rotatable bonds is 9. The van der Waals surface area contributed by atoms with Crippen LogP contribution in [0, 0.1) is 0 Å². The van der Waals surface area contributed by atoms with E-state index in [1.807, 2.05) is 0 Å². The fourth-order valence-corrected chi connectivity index (χ4v) is 3.77. The molecule has 0 fully saturated rings. The van der Waals surface area contributed by atoms with Crippen molar-refractivity contribution in [2.75, 3.05) is 37.3 Å². The monoisotopic (exact) mass is 575 g/mol. The Labute approximate surface area is 237 Å². The first-order valence-corrected chi connectivity index (χ1v) is 12.1. The van der Waals surface area contributed by atoms with Crippen LogP contribution in [0.3, 0.4) is 0 Å². The van der Waals surface area contributed by atoms with E-state index in [4.69, 9.17) is 14.2 Å². The molecule has 3 amide bonds. The van der Waals surface area contributed by atoms with Crippen LogP contribution in [0.4, 0.5) is 34.8 Å². The third kappa shape index (κ3) is 6.14. The maximum absolute atomic E-state index is 12.0. The van der Waals surface area contributed by atoms with Gasteiger partial charge in [0, 0.05) is 26.2 Å². The third-order valence-corrected chi connectivity index (χ3v) is 5.20. The van der Waals surface area contributed by atoms with Crippen molar-refractivity contribution in [3.05, 3.63) is 6.07 Å². The van der Waals surface area contributed by atoms with Crippen molar-refractivity contribution in [2.45, 2.75) is 20.8 Å². The quantitative estimate of drug-likeness (QED) is 0.150. The summed E-state index contributed by atoms with van der Waals surface area (Å²) in [6.07, 6.45) is 3.44. The third-order valence-electron chi connectivity index (χ3n) is 5.20. The molecular formula is C25H25N11O6. The summed E-state index contributed by atoms with van der Waals surface area (Å²) in [5.41, 5.74) is 1.23. The Bertz CT molecular complexity index is 1800. The van der Waals surface area contributed by atoms with Gasteiger partial charge in [-0.1, -0.05) is 0 Å². The molecule has 3 N–H and O–H groups in total. The van der Waals surface area contributed by atoms with Gasteiger partial charge in [-0.15, -0.1) is 0 Å². The summed E-state index contributed by atoms with van der Waals surface area (Å²) in [6, 6.07) is 1.58. The highest BCUT2D eigenvalue weighted by atomic mass is 16.5. The first-order valence-electron chi connectivity index (χ1n) is 12.1. The highest BCUT2D eigenvalue weighted by molar-refractivity contribution is 6.22. The number of pyridine rings is 1. The molecule has 0 saturated heterocycles. The normalized spacial score (nSPS) is 11.6. The van der Waals surface area contributed by atoms with Crippen molar-refractivity contribution in [3.63, 3.8) is 0 Å².